The summed E-state index contributed by atoms with van der Waals surface area (Å²) in [6.07, 6.45) is 1.84. The number of hydrogen-bond acceptors (Lipinski definition) is 7. The Morgan fingerprint density at radius 2 is 1.96 bits per heavy atom. The minimum atomic E-state index is -1.03. The first-order valence-electron chi connectivity index (χ1n) is 7.23. The van der Waals surface area contributed by atoms with Crippen LogP contribution in [0.3, 0.4) is 0 Å². The number of aryl methyl sites for hydroxylation is 2. The van der Waals surface area contributed by atoms with Crippen LogP contribution in [0.4, 0.5) is 0 Å². The van der Waals surface area contributed by atoms with Gasteiger partial charge in [0, 0.05) is 5.56 Å². The molecular formula is C16H14ClN3O4S. The summed E-state index contributed by atoms with van der Waals surface area (Å²) in [5, 5.41) is 9.50. The number of rotatable bonds is 5. The van der Waals surface area contributed by atoms with Crippen molar-refractivity contribution in [2.45, 2.75) is 19.0 Å². The van der Waals surface area contributed by atoms with Gasteiger partial charge in [0.1, 0.15) is 5.75 Å². The molecule has 0 atom stereocenters. The summed E-state index contributed by atoms with van der Waals surface area (Å²) in [5.41, 5.74) is 3.00. The molecule has 0 amide bonds. The van der Waals surface area contributed by atoms with E-state index >= 15 is 0 Å². The van der Waals surface area contributed by atoms with Crippen LogP contribution in [0.25, 0.3) is 22.7 Å². The topological polar surface area (TPSA) is 98.3 Å². The number of carbonyl (C=O) groups is 1. The van der Waals surface area contributed by atoms with Crippen molar-refractivity contribution in [1.29, 1.82) is 0 Å². The number of aliphatic carboxylic acids is 1. The van der Waals surface area contributed by atoms with E-state index in [2.05, 4.69) is 15.0 Å². The zero-order chi connectivity index (χ0) is 18.1. The summed E-state index contributed by atoms with van der Waals surface area (Å²) in [7, 11) is 0. The number of halogens is 1. The van der Waals surface area contributed by atoms with E-state index in [0.29, 0.717) is 28.0 Å². The number of thioether (sulfide) groups is 1. The van der Waals surface area contributed by atoms with Crippen molar-refractivity contribution in [3.8, 4) is 17.2 Å². The Hall–Kier alpha value is -2.32. The summed E-state index contributed by atoms with van der Waals surface area (Å²) in [5.74, 6) is -0.134. The van der Waals surface area contributed by atoms with Gasteiger partial charge in [-0.15, -0.1) is 0 Å². The maximum Gasteiger partial charge on any atom is 0.341 e. The highest BCUT2D eigenvalue weighted by molar-refractivity contribution is 7.98. The monoisotopic (exact) mass is 379 g/mol. The van der Waals surface area contributed by atoms with Crippen LogP contribution >= 0.6 is 23.4 Å². The van der Waals surface area contributed by atoms with E-state index in [1.54, 1.807) is 0 Å². The van der Waals surface area contributed by atoms with Crippen molar-refractivity contribution in [3.05, 3.63) is 28.4 Å². The van der Waals surface area contributed by atoms with Crippen LogP contribution in [0.15, 0.2) is 21.7 Å². The van der Waals surface area contributed by atoms with Crippen molar-refractivity contribution >= 4 is 40.6 Å². The molecule has 9 heteroatoms. The molecule has 0 spiro atoms. The van der Waals surface area contributed by atoms with Gasteiger partial charge in [0.05, 0.1) is 0 Å². The Balaban J connectivity index is 2.03. The molecule has 2 heterocycles. The molecule has 0 bridgehead atoms. The molecule has 0 radical (unpaired) electrons. The molecule has 1 N–H and O–H groups in total. The minimum Gasteiger partial charge on any atom is -0.481 e. The van der Waals surface area contributed by atoms with Crippen LogP contribution in [0, 0.1) is 13.8 Å². The number of aromatic nitrogens is 3. The molecular weight excluding hydrogens is 366 g/mol. The minimum absolute atomic E-state index is 0.235. The van der Waals surface area contributed by atoms with Crippen molar-refractivity contribution < 1.29 is 19.1 Å². The maximum absolute atomic E-state index is 10.7. The molecule has 1 aromatic carbocycles. The quantitative estimate of drug-likeness (QED) is 0.406. The van der Waals surface area contributed by atoms with E-state index in [9.17, 15) is 4.79 Å². The lowest BCUT2D eigenvalue weighted by atomic mass is 10.1. The van der Waals surface area contributed by atoms with Crippen molar-refractivity contribution in [2.24, 2.45) is 0 Å². The first-order chi connectivity index (χ1) is 11.9. The van der Waals surface area contributed by atoms with Crippen molar-refractivity contribution in [1.82, 2.24) is 15.0 Å². The molecule has 3 aromatic rings. The van der Waals surface area contributed by atoms with Gasteiger partial charge in [0.25, 0.3) is 5.71 Å². The first kappa shape index (κ1) is 17.5. The molecule has 0 unspecified atom stereocenters. The fraction of sp³-hybridized carbons (Fsp3) is 0.250. The van der Waals surface area contributed by atoms with Gasteiger partial charge in [-0.25, -0.2) is 14.8 Å². The molecule has 2 aromatic heterocycles. The lowest BCUT2D eigenvalue weighted by Crippen LogP contribution is -2.10. The normalized spacial score (nSPS) is 11.0. The number of ether oxygens (including phenoxy) is 1. The molecule has 0 fully saturated rings. The highest BCUT2D eigenvalue weighted by atomic mass is 35.5. The average molecular weight is 380 g/mol. The molecule has 130 valence electrons. The van der Waals surface area contributed by atoms with Crippen LogP contribution in [0.5, 0.6) is 5.75 Å². The zero-order valence-electron chi connectivity index (χ0n) is 13.7. The first-order valence-corrected chi connectivity index (χ1v) is 8.83. The smallest absolute Gasteiger partial charge is 0.341 e. The lowest BCUT2D eigenvalue weighted by molar-refractivity contribution is -0.139. The fourth-order valence-electron chi connectivity index (χ4n) is 2.42. The average Bonchev–Trinajstić information content (AvgIpc) is 2.98. The lowest BCUT2D eigenvalue weighted by Gasteiger charge is -2.11. The summed E-state index contributed by atoms with van der Waals surface area (Å²) in [6, 6.07) is 3.62. The van der Waals surface area contributed by atoms with Gasteiger partial charge in [-0.1, -0.05) is 23.4 Å². The number of nitrogens with zero attached hydrogens (tertiary/aromatic N) is 3. The van der Waals surface area contributed by atoms with Crippen LogP contribution in [-0.4, -0.2) is 38.9 Å². The van der Waals surface area contributed by atoms with Crippen LogP contribution < -0.4 is 4.74 Å². The van der Waals surface area contributed by atoms with Gasteiger partial charge in [-0.2, -0.15) is 4.98 Å². The van der Waals surface area contributed by atoms with Crippen molar-refractivity contribution in [3.63, 3.8) is 0 Å². The summed E-state index contributed by atoms with van der Waals surface area (Å²) in [6.45, 7) is 3.26. The molecule has 3 rings (SSSR count). The van der Waals surface area contributed by atoms with E-state index in [1.165, 1.54) is 11.8 Å². The zero-order valence-corrected chi connectivity index (χ0v) is 15.2. The van der Waals surface area contributed by atoms with Gasteiger partial charge in [0.2, 0.25) is 5.89 Å². The molecule has 25 heavy (non-hydrogen) atoms. The second kappa shape index (κ2) is 6.89. The van der Waals surface area contributed by atoms with Gasteiger partial charge in [-0.05, 0) is 43.4 Å². The Kier molecular flexibility index (Phi) is 4.82. The van der Waals surface area contributed by atoms with Crippen molar-refractivity contribution in [2.75, 3.05) is 12.9 Å². The molecule has 0 aliphatic carbocycles. The standard InChI is InChI=1S/C16H14ClN3O4S/c1-7-4-9(5-8(2)12(7)23-6-10(21)22)14-18-11-13(17)19-16(25-3)20-15(11)24-14/h4-5H,6H2,1-3H3,(H,21,22). The van der Waals surface area contributed by atoms with E-state index < -0.39 is 12.6 Å². The fourth-order valence-corrected chi connectivity index (χ4v) is 3.03. The predicted octanol–water partition coefficient (Wildman–Crippen LogP) is 3.74. The second-order valence-electron chi connectivity index (χ2n) is 5.30. The van der Waals surface area contributed by atoms with E-state index in [4.69, 9.17) is 25.9 Å². The second-order valence-corrected chi connectivity index (χ2v) is 6.43. The highest BCUT2D eigenvalue weighted by Crippen LogP contribution is 2.32. The Morgan fingerprint density at radius 1 is 1.28 bits per heavy atom. The molecule has 0 saturated carbocycles. The molecule has 0 aliphatic rings. The maximum atomic E-state index is 10.7. The van der Waals surface area contributed by atoms with Gasteiger partial charge < -0.3 is 14.3 Å². The third-order valence-corrected chi connectivity index (χ3v) is 4.24. The third kappa shape index (κ3) is 3.54. The van der Waals surface area contributed by atoms with E-state index in [1.807, 2.05) is 32.2 Å². The van der Waals surface area contributed by atoms with Crippen LogP contribution in [-0.2, 0) is 4.79 Å². The SMILES string of the molecule is CSc1nc(Cl)c2nc(-c3cc(C)c(OCC(=O)O)c(C)c3)oc2n1. The molecule has 0 saturated heterocycles. The number of oxazole rings is 1. The summed E-state index contributed by atoms with van der Waals surface area (Å²) < 4.78 is 11.1. The number of benzene rings is 1. The molecule has 0 aliphatic heterocycles. The summed E-state index contributed by atoms with van der Waals surface area (Å²) >= 11 is 7.50. The van der Waals surface area contributed by atoms with Crippen LogP contribution in [0.1, 0.15) is 11.1 Å². The van der Waals surface area contributed by atoms with E-state index in [0.717, 1.165) is 16.7 Å². The third-order valence-electron chi connectivity index (χ3n) is 3.43. The molecule has 7 nitrogen and oxygen atoms in total. The number of carboxylic acids is 1. The van der Waals surface area contributed by atoms with Gasteiger partial charge in [0.15, 0.2) is 22.4 Å². The highest BCUT2D eigenvalue weighted by Gasteiger charge is 2.17. The van der Waals surface area contributed by atoms with Gasteiger partial charge in [-0.3, -0.25) is 0 Å². The Morgan fingerprint density at radius 3 is 2.56 bits per heavy atom. The largest absolute Gasteiger partial charge is 0.481 e. The Bertz CT molecular complexity index is 950. The van der Waals surface area contributed by atoms with E-state index in [-0.39, 0.29) is 5.15 Å². The summed E-state index contributed by atoms with van der Waals surface area (Å²) in [4.78, 5) is 23.5. The number of hydrogen-bond donors (Lipinski definition) is 1. The Labute approximate surface area is 152 Å². The number of carboxylic acid groups (broad SMARTS) is 1. The van der Waals surface area contributed by atoms with Crippen LogP contribution in [0.2, 0.25) is 5.15 Å². The predicted molar refractivity (Wildman–Crippen MR) is 94.4 cm³/mol. The number of fused-ring (bicyclic) bond motifs is 1. The van der Waals surface area contributed by atoms with Gasteiger partial charge >= 0.3 is 5.97 Å².